The number of nitrogens with zero attached hydrogens (tertiary/aromatic N) is 2. The summed E-state index contributed by atoms with van der Waals surface area (Å²) in [7, 11) is 0. The Hall–Kier alpha value is -2.47. The van der Waals surface area contributed by atoms with Crippen molar-refractivity contribution in [3.8, 4) is 0 Å². The Bertz CT molecular complexity index is 780. The van der Waals surface area contributed by atoms with Crippen LogP contribution in [0.1, 0.15) is 16.8 Å². The topological polar surface area (TPSA) is 66.9 Å². The largest absolute Gasteiger partial charge is 0.378 e. The van der Waals surface area contributed by atoms with Crippen LogP contribution in [0.3, 0.4) is 0 Å². The summed E-state index contributed by atoms with van der Waals surface area (Å²) in [6.45, 7) is 2.28. The van der Waals surface area contributed by atoms with E-state index in [2.05, 4.69) is 12.2 Å². The molecule has 6 heteroatoms. The zero-order chi connectivity index (χ0) is 17.8. The summed E-state index contributed by atoms with van der Waals surface area (Å²) in [5.74, 6) is -0.229. The molecule has 134 valence electrons. The van der Waals surface area contributed by atoms with Crippen LogP contribution in [0.25, 0.3) is 0 Å². The number of carbonyl (C=O) groups is 3. The first-order valence-electron chi connectivity index (χ1n) is 9.18. The first-order valence-corrected chi connectivity index (χ1v) is 9.18. The number of hydrogen-bond donors (Lipinski definition) is 0. The lowest BCUT2D eigenvalue weighted by molar-refractivity contribution is -0.123. The first kappa shape index (κ1) is 15.8. The maximum absolute atomic E-state index is 12.8. The van der Waals surface area contributed by atoms with Crippen LogP contribution in [-0.2, 0) is 14.3 Å². The fourth-order valence-electron chi connectivity index (χ4n) is 4.86. The molecule has 2 bridgehead atoms. The van der Waals surface area contributed by atoms with Crippen LogP contribution in [0.2, 0.25) is 0 Å². The number of ether oxygens (including phenoxy) is 1. The highest BCUT2D eigenvalue weighted by Gasteiger charge is 2.59. The highest BCUT2D eigenvalue weighted by molar-refractivity contribution is 6.22. The predicted octanol–water partition coefficient (Wildman–Crippen LogP) is 1.47. The van der Waals surface area contributed by atoms with Crippen molar-refractivity contribution in [3.63, 3.8) is 0 Å². The van der Waals surface area contributed by atoms with Gasteiger partial charge in [-0.15, -0.1) is 0 Å². The molecule has 1 aromatic carbocycles. The highest BCUT2D eigenvalue weighted by atomic mass is 16.5. The molecule has 0 spiro atoms. The van der Waals surface area contributed by atoms with Crippen LogP contribution in [0, 0.1) is 23.7 Å². The van der Waals surface area contributed by atoms with Crippen molar-refractivity contribution in [2.75, 3.05) is 31.2 Å². The molecular formula is C20H20N2O4. The van der Waals surface area contributed by atoms with E-state index in [1.165, 1.54) is 4.90 Å². The fraction of sp³-hybridized carbons (Fsp3) is 0.450. The number of rotatable bonds is 2. The van der Waals surface area contributed by atoms with Crippen molar-refractivity contribution in [2.24, 2.45) is 23.7 Å². The highest BCUT2D eigenvalue weighted by Crippen LogP contribution is 2.53. The molecule has 3 fully saturated rings. The summed E-state index contributed by atoms with van der Waals surface area (Å²) >= 11 is 0. The summed E-state index contributed by atoms with van der Waals surface area (Å²) in [5, 5.41) is 0. The smallest absolute Gasteiger partial charge is 0.254 e. The number of anilines is 1. The molecule has 3 amide bonds. The van der Waals surface area contributed by atoms with Crippen molar-refractivity contribution in [1.29, 1.82) is 0 Å². The third-order valence-electron chi connectivity index (χ3n) is 6.14. The minimum Gasteiger partial charge on any atom is -0.378 e. The Balaban J connectivity index is 1.37. The molecule has 0 N–H and O–H groups in total. The van der Waals surface area contributed by atoms with Crippen LogP contribution in [0.15, 0.2) is 36.4 Å². The van der Waals surface area contributed by atoms with E-state index in [-0.39, 0.29) is 41.4 Å². The number of fused-ring (bicyclic) bond motifs is 5. The Kier molecular flexibility index (Phi) is 3.50. The molecule has 2 aliphatic heterocycles. The van der Waals surface area contributed by atoms with E-state index < -0.39 is 0 Å². The van der Waals surface area contributed by atoms with Gasteiger partial charge in [0, 0.05) is 18.7 Å². The average molecular weight is 352 g/mol. The lowest BCUT2D eigenvalue weighted by Gasteiger charge is -2.27. The average Bonchev–Trinajstić information content (AvgIpc) is 3.36. The standard InChI is InChI=1S/C20H20N2O4/c23-18(21-7-9-26-10-8-21)12-3-5-15(6-4-12)22-19(24)16-13-1-2-14(11-13)17(16)20(22)25/h1-6,13-14,16-17H,7-11H2/t13-,14-,16-,17-/m0/s1. The van der Waals surface area contributed by atoms with Gasteiger partial charge in [-0.2, -0.15) is 0 Å². The van der Waals surface area contributed by atoms with E-state index in [0.717, 1.165) is 6.42 Å². The number of allylic oxidation sites excluding steroid dienone is 2. The molecule has 1 aromatic rings. The predicted molar refractivity (Wildman–Crippen MR) is 93.4 cm³/mol. The fourth-order valence-corrected chi connectivity index (χ4v) is 4.86. The monoisotopic (exact) mass is 352 g/mol. The van der Waals surface area contributed by atoms with E-state index >= 15 is 0 Å². The van der Waals surface area contributed by atoms with Crippen LogP contribution < -0.4 is 4.90 Å². The van der Waals surface area contributed by atoms with Gasteiger partial charge in [0.1, 0.15) is 0 Å². The van der Waals surface area contributed by atoms with Crippen LogP contribution in [-0.4, -0.2) is 48.9 Å². The van der Waals surface area contributed by atoms with E-state index in [4.69, 9.17) is 4.74 Å². The molecule has 4 aliphatic rings. The van der Waals surface area contributed by atoms with E-state index in [0.29, 0.717) is 37.6 Å². The Labute approximate surface area is 151 Å². The second-order valence-electron chi connectivity index (χ2n) is 7.46. The van der Waals surface area contributed by atoms with E-state index in [1.54, 1.807) is 29.2 Å². The van der Waals surface area contributed by atoms with E-state index in [9.17, 15) is 14.4 Å². The number of benzene rings is 1. The SMILES string of the molecule is O=C(c1ccc(N2C(=O)[C@@H]3[C@@H](C2=O)[C@H]2C=C[C@H]3C2)cc1)N1CCOCC1. The second kappa shape index (κ2) is 5.77. The Morgan fingerprint density at radius 1 is 0.923 bits per heavy atom. The third-order valence-corrected chi connectivity index (χ3v) is 6.14. The molecule has 0 unspecified atom stereocenters. The maximum Gasteiger partial charge on any atom is 0.254 e. The number of amides is 3. The van der Waals surface area contributed by atoms with Crippen LogP contribution in [0.4, 0.5) is 5.69 Å². The number of morpholine rings is 1. The minimum absolute atomic E-state index is 0.0435. The second-order valence-corrected chi connectivity index (χ2v) is 7.46. The molecular weight excluding hydrogens is 332 g/mol. The number of carbonyl (C=O) groups excluding carboxylic acids is 3. The molecule has 2 saturated heterocycles. The van der Waals surface area contributed by atoms with Gasteiger partial charge in [0.05, 0.1) is 30.7 Å². The Morgan fingerprint density at radius 3 is 2.08 bits per heavy atom. The summed E-state index contributed by atoms with van der Waals surface area (Å²) in [6, 6.07) is 6.82. The third kappa shape index (κ3) is 2.18. The van der Waals surface area contributed by atoms with Gasteiger partial charge in [-0.1, -0.05) is 12.2 Å². The quantitative estimate of drug-likeness (QED) is 0.597. The van der Waals surface area contributed by atoms with Gasteiger partial charge >= 0.3 is 0 Å². The molecule has 2 aliphatic carbocycles. The van der Waals surface area contributed by atoms with Gasteiger partial charge in [0.25, 0.3) is 5.91 Å². The molecule has 0 aromatic heterocycles. The summed E-state index contributed by atoms with van der Waals surface area (Å²) < 4.78 is 5.27. The van der Waals surface area contributed by atoms with Gasteiger partial charge in [-0.05, 0) is 42.5 Å². The lowest BCUT2D eigenvalue weighted by Crippen LogP contribution is -2.40. The molecule has 26 heavy (non-hydrogen) atoms. The molecule has 1 saturated carbocycles. The first-order chi connectivity index (χ1) is 12.6. The Morgan fingerprint density at radius 2 is 1.50 bits per heavy atom. The van der Waals surface area contributed by atoms with Crippen LogP contribution in [0.5, 0.6) is 0 Å². The zero-order valence-corrected chi connectivity index (χ0v) is 14.3. The van der Waals surface area contributed by atoms with Crippen molar-refractivity contribution < 1.29 is 19.1 Å². The number of imide groups is 1. The van der Waals surface area contributed by atoms with Crippen molar-refractivity contribution >= 4 is 23.4 Å². The number of hydrogen-bond acceptors (Lipinski definition) is 4. The molecule has 5 rings (SSSR count). The van der Waals surface area contributed by atoms with Gasteiger partial charge in [-0.25, -0.2) is 0 Å². The van der Waals surface area contributed by atoms with Gasteiger partial charge in [0.2, 0.25) is 11.8 Å². The summed E-state index contributed by atoms with van der Waals surface area (Å²) in [5.41, 5.74) is 1.13. The molecule has 0 radical (unpaired) electrons. The van der Waals surface area contributed by atoms with Crippen molar-refractivity contribution in [1.82, 2.24) is 4.90 Å². The minimum atomic E-state index is -0.202. The van der Waals surface area contributed by atoms with Crippen LogP contribution >= 0.6 is 0 Å². The lowest BCUT2D eigenvalue weighted by atomic mass is 9.85. The molecule has 6 nitrogen and oxygen atoms in total. The normalized spacial score (nSPS) is 32.5. The molecule has 2 heterocycles. The van der Waals surface area contributed by atoms with Crippen molar-refractivity contribution in [2.45, 2.75) is 6.42 Å². The molecule has 4 atom stereocenters. The zero-order valence-electron chi connectivity index (χ0n) is 14.3. The van der Waals surface area contributed by atoms with Gasteiger partial charge in [0.15, 0.2) is 0 Å². The van der Waals surface area contributed by atoms with Gasteiger partial charge in [-0.3, -0.25) is 19.3 Å². The summed E-state index contributed by atoms with van der Waals surface area (Å²) in [6.07, 6.45) is 5.10. The maximum atomic E-state index is 12.8. The van der Waals surface area contributed by atoms with Gasteiger partial charge < -0.3 is 9.64 Å². The van der Waals surface area contributed by atoms with E-state index in [1.807, 2.05) is 0 Å². The van der Waals surface area contributed by atoms with Crippen molar-refractivity contribution in [3.05, 3.63) is 42.0 Å². The summed E-state index contributed by atoms with van der Waals surface area (Å²) in [4.78, 5) is 41.3.